The van der Waals surface area contributed by atoms with E-state index in [1.807, 2.05) is 41.3 Å². The number of amides is 1. The summed E-state index contributed by atoms with van der Waals surface area (Å²) in [5.41, 5.74) is 2.85. The number of pyridine rings is 1. The summed E-state index contributed by atoms with van der Waals surface area (Å²) in [6, 6.07) is 11.5. The molecule has 23 heavy (non-hydrogen) atoms. The Morgan fingerprint density at radius 3 is 2.48 bits per heavy atom. The van der Waals surface area contributed by atoms with Gasteiger partial charge in [-0.15, -0.1) is 0 Å². The molecule has 1 amide bonds. The van der Waals surface area contributed by atoms with Crippen molar-refractivity contribution in [1.29, 1.82) is 0 Å². The Hall–Kier alpha value is -3.02. The number of carbonyl (C=O) groups is 1. The largest absolute Gasteiger partial charge is 0.337 e. The van der Waals surface area contributed by atoms with Crippen molar-refractivity contribution in [3.05, 3.63) is 66.2 Å². The third-order valence-corrected chi connectivity index (χ3v) is 4.17. The van der Waals surface area contributed by atoms with Crippen molar-refractivity contribution in [2.24, 2.45) is 0 Å². The number of rotatable bonds is 3. The fourth-order valence-electron chi connectivity index (χ4n) is 2.79. The summed E-state index contributed by atoms with van der Waals surface area (Å²) in [6.07, 6.45) is 5.05. The molecule has 0 saturated carbocycles. The van der Waals surface area contributed by atoms with Crippen LogP contribution in [0.4, 0.5) is 0 Å². The van der Waals surface area contributed by atoms with Gasteiger partial charge in [0.15, 0.2) is 5.82 Å². The number of hydrogen-bond acceptors (Lipinski definition) is 4. The summed E-state index contributed by atoms with van der Waals surface area (Å²) in [6.45, 7) is 1.51. The van der Waals surface area contributed by atoms with Crippen molar-refractivity contribution < 1.29 is 4.79 Å². The van der Waals surface area contributed by atoms with Gasteiger partial charge in [0.1, 0.15) is 6.33 Å². The first-order valence-corrected chi connectivity index (χ1v) is 7.46. The summed E-state index contributed by atoms with van der Waals surface area (Å²) in [5.74, 6) is 1.18. The minimum Gasteiger partial charge on any atom is -0.337 e. The van der Waals surface area contributed by atoms with Crippen molar-refractivity contribution in [3.63, 3.8) is 0 Å². The molecule has 0 unspecified atom stereocenters. The highest BCUT2D eigenvalue weighted by Crippen LogP contribution is 2.28. The second kappa shape index (κ2) is 5.64. The molecule has 1 fully saturated rings. The van der Waals surface area contributed by atoms with E-state index in [4.69, 9.17) is 0 Å². The van der Waals surface area contributed by atoms with E-state index in [9.17, 15) is 4.79 Å². The van der Waals surface area contributed by atoms with Crippen molar-refractivity contribution in [2.75, 3.05) is 13.1 Å². The van der Waals surface area contributed by atoms with E-state index in [-0.39, 0.29) is 5.91 Å². The molecule has 2 aromatic heterocycles. The number of benzene rings is 1. The van der Waals surface area contributed by atoms with Gasteiger partial charge in [-0.05, 0) is 29.8 Å². The monoisotopic (exact) mass is 305 g/mol. The minimum atomic E-state index is 0.0689. The normalized spacial score (nSPS) is 14.5. The van der Waals surface area contributed by atoms with Crippen LogP contribution in [0.2, 0.25) is 0 Å². The van der Waals surface area contributed by atoms with Gasteiger partial charge in [0.2, 0.25) is 0 Å². The standard InChI is InChI=1S/C17H15N5O/c23-17(22-9-15(10-22)12-5-7-18-8-6-12)14-3-1-13(2-4-14)16-19-11-20-21-16/h1-8,11,15H,9-10H2,(H,19,20,21). The highest BCUT2D eigenvalue weighted by Gasteiger charge is 2.32. The lowest BCUT2D eigenvalue weighted by Gasteiger charge is -2.39. The number of H-pyrrole nitrogens is 1. The van der Waals surface area contributed by atoms with Gasteiger partial charge < -0.3 is 4.90 Å². The van der Waals surface area contributed by atoms with E-state index in [2.05, 4.69) is 20.2 Å². The first-order chi connectivity index (χ1) is 11.3. The van der Waals surface area contributed by atoms with Gasteiger partial charge >= 0.3 is 0 Å². The maximum Gasteiger partial charge on any atom is 0.253 e. The smallest absolute Gasteiger partial charge is 0.253 e. The second-order valence-corrected chi connectivity index (χ2v) is 5.60. The predicted molar refractivity (Wildman–Crippen MR) is 84.7 cm³/mol. The van der Waals surface area contributed by atoms with E-state index in [1.165, 1.54) is 11.9 Å². The second-order valence-electron chi connectivity index (χ2n) is 5.60. The molecule has 3 heterocycles. The number of likely N-dealkylation sites (tertiary alicyclic amines) is 1. The molecular weight excluding hydrogens is 290 g/mol. The van der Waals surface area contributed by atoms with Crippen molar-refractivity contribution >= 4 is 5.91 Å². The molecule has 6 nitrogen and oxygen atoms in total. The molecule has 0 bridgehead atoms. The summed E-state index contributed by atoms with van der Waals surface area (Å²) in [5, 5.41) is 6.64. The highest BCUT2D eigenvalue weighted by molar-refractivity contribution is 5.95. The maximum atomic E-state index is 12.5. The third-order valence-electron chi connectivity index (χ3n) is 4.17. The van der Waals surface area contributed by atoms with Crippen LogP contribution in [0.15, 0.2) is 55.1 Å². The third kappa shape index (κ3) is 2.59. The summed E-state index contributed by atoms with van der Waals surface area (Å²) >= 11 is 0. The Kier molecular flexibility index (Phi) is 3.34. The Bertz CT molecular complexity index is 793. The average molecular weight is 305 g/mol. The van der Waals surface area contributed by atoms with Crippen LogP contribution < -0.4 is 0 Å². The van der Waals surface area contributed by atoms with Gasteiger partial charge in [-0.25, -0.2) is 4.98 Å². The van der Waals surface area contributed by atoms with E-state index in [0.29, 0.717) is 17.3 Å². The minimum absolute atomic E-state index is 0.0689. The van der Waals surface area contributed by atoms with E-state index in [0.717, 1.165) is 18.7 Å². The summed E-state index contributed by atoms with van der Waals surface area (Å²) in [4.78, 5) is 22.5. The van der Waals surface area contributed by atoms with E-state index in [1.54, 1.807) is 12.4 Å². The van der Waals surface area contributed by atoms with Crippen LogP contribution in [-0.2, 0) is 0 Å². The van der Waals surface area contributed by atoms with Crippen LogP contribution in [-0.4, -0.2) is 44.1 Å². The number of nitrogens with one attached hydrogen (secondary N) is 1. The lowest BCUT2D eigenvalue weighted by atomic mass is 9.91. The van der Waals surface area contributed by atoms with Crippen LogP contribution in [0.3, 0.4) is 0 Å². The molecule has 6 heteroatoms. The Labute approximate surface area is 133 Å². The molecule has 0 atom stereocenters. The highest BCUT2D eigenvalue weighted by atomic mass is 16.2. The molecule has 0 radical (unpaired) electrons. The number of aromatic amines is 1. The molecular formula is C17H15N5O. The topological polar surface area (TPSA) is 74.8 Å². The van der Waals surface area contributed by atoms with Crippen LogP contribution in [0.5, 0.6) is 0 Å². The Balaban J connectivity index is 1.42. The van der Waals surface area contributed by atoms with Gasteiger partial charge in [-0.1, -0.05) is 12.1 Å². The van der Waals surface area contributed by atoms with Gasteiger partial charge in [-0.2, -0.15) is 5.10 Å². The molecule has 4 rings (SSSR count). The Morgan fingerprint density at radius 2 is 1.83 bits per heavy atom. The van der Waals surface area contributed by atoms with Gasteiger partial charge in [0, 0.05) is 42.5 Å². The molecule has 1 N–H and O–H groups in total. The number of hydrogen-bond donors (Lipinski definition) is 1. The average Bonchev–Trinajstić information content (AvgIpc) is 3.09. The Morgan fingerprint density at radius 1 is 1.09 bits per heavy atom. The van der Waals surface area contributed by atoms with Gasteiger partial charge in [0.05, 0.1) is 0 Å². The van der Waals surface area contributed by atoms with E-state index < -0.39 is 0 Å². The number of aromatic nitrogens is 4. The number of carbonyl (C=O) groups excluding carboxylic acids is 1. The summed E-state index contributed by atoms with van der Waals surface area (Å²) in [7, 11) is 0. The van der Waals surface area contributed by atoms with Crippen LogP contribution >= 0.6 is 0 Å². The fraction of sp³-hybridized carbons (Fsp3) is 0.176. The predicted octanol–water partition coefficient (Wildman–Crippen LogP) is 2.11. The summed E-state index contributed by atoms with van der Waals surface area (Å²) < 4.78 is 0. The molecule has 0 spiro atoms. The van der Waals surface area contributed by atoms with Gasteiger partial charge in [-0.3, -0.25) is 14.9 Å². The molecule has 1 aliphatic heterocycles. The van der Waals surface area contributed by atoms with Gasteiger partial charge in [0.25, 0.3) is 5.91 Å². The van der Waals surface area contributed by atoms with Crippen LogP contribution in [0.1, 0.15) is 21.8 Å². The molecule has 3 aromatic rings. The first-order valence-electron chi connectivity index (χ1n) is 7.46. The quantitative estimate of drug-likeness (QED) is 0.804. The molecule has 1 aromatic carbocycles. The zero-order valence-corrected chi connectivity index (χ0v) is 12.4. The number of nitrogens with zero attached hydrogens (tertiary/aromatic N) is 4. The molecule has 114 valence electrons. The zero-order valence-electron chi connectivity index (χ0n) is 12.4. The SMILES string of the molecule is O=C(c1ccc(-c2ncn[nH]2)cc1)N1CC(c2ccncc2)C1. The van der Waals surface area contributed by atoms with Crippen molar-refractivity contribution in [2.45, 2.75) is 5.92 Å². The van der Waals surface area contributed by atoms with Crippen LogP contribution in [0, 0.1) is 0 Å². The van der Waals surface area contributed by atoms with Crippen molar-refractivity contribution in [1.82, 2.24) is 25.1 Å². The van der Waals surface area contributed by atoms with E-state index >= 15 is 0 Å². The molecule has 1 saturated heterocycles. The zero-order chi connectivity index (χ0) is 15.6. The lowest BCUT2D eigenvalue weighted by Crippen LogP contribution is -2.48. The van der Waals surface area contributed by atoms with Crippen LogP contribution in [0.25, 0.3) is 11.4 Å². The molecule has 0 aliphatic carbocycles. The molecule has 1 aliphatic rings. The first kappa shape index (κ1) is 13.6. The lowest BCUT2D eigenvalue weighted by molar-refractivity contribution is 0.0602. The van der Waals surface area contributed by atoms with Crippen molar-refractivity contribution in [3.8, 4) is 11.4 Å². The fourth-order valence-corrected chi connectivity index (χ4v) is 2.79. The maximum absolute atomic E-state index is 12.5.